The summed E-state index contributed by atoms with van der Waals surface area (Å²) in [5, 5.41) is 1.63. The number of ether oxygens (including phenoxy) is 1. The number of hydrogen-bond acceptors (Lipinski definition) is 4. The zero-order valence-electron chi connectivity index (χ0n) is 14.0. The van der Waals surface area contributed by atoms with Crippen molar-refractivity contribution in [1.29, 1.82) is 0 Å². The van der Waals surface area contributed by atoms with E-state index in [1.54, 1.807) is 18.2 Å². The van der Waals surface area contributed by atoms with Gasteiger partial charge in [-0.2, -0.15) is 0 Å². The summed E-state index contributed by atoms with van der Waals surface area (Å²) >= 11 is 0. The molecule has 0 amide bonds. The number of esters is 1. The molecule has 0 saturated heterocycles. The van der Waals surface area contributed by atoms with Gasteiger partial charge in [-0.1, -0.05) is 30.3 Å². The van der Waals surface area contributed by atoms with Crippen LogP contribution in [0.25, 0.3) is 21.8 Å². The van der Waals surface area contributed by atoms with Crippen LogP contribution in [0.4, 0.5) is 0 Å². The van der Waals surface area contributed by atoms with E-state index in [1.165, 1.54) is 0 Å². The van der Waals surface area contributed by atoms with E-state index in [0.717, 1.165) is 16.5 Å². The number of benzene rings is 2. The molecular formula is C20H17N3O3. The van der Waals surface area contributed by atoms with E-state index < -0.39 is 0 Å². The van der Waals surface area contributed by atoms with E-state index in [1.807, 2.05) is 36.5 Å². The molecule has 4 aromatic rings. The number of aromatic amines is 2. The van der Waals surface area contributed by atoms with Gasteiger partial charge in [0.1, 0.15) is 12.4 Å². The third kappa shape index (κ3) is 3.21. The molecule has 6 nitrogen and oxygen atoms in total. The molecule has 0 radical (unpaired) electrons. The Labute approximate surface area is 148 Å². The zero-order chi connectivity index (χ0) is 17.9. The number of nitrogens with one attached hydrogen (secondary N) is 2. The molecule has 6 heteroatoms. The fraction of sp³-hybridized carbons (Fsp3) is 0.150. The van der Waals surface area contributed by atoms with E-state index in [0.29, 0.717) is 23.1 Å². The minimum absolute atomic E-state index is 0.0488. The normalized spacial score (nSPS) is 11.1. The van der Waals surface area contributed by atoms with Crippen LogP contribution in [0.1, 0.15) is 17.8 Å². The van der Waals surface area contributed by atoms with Crippen LogP contribution in [-0.4, -0.2) is 20.9 Å². The number of H-pyrrole nitrogens is 2. The lowest BCUT2D eigenvalue weighted by Gasteiger charge is -2.05. The number of carbonyl (C=O) groups is 1. The van der Waals surface area contributed by atoms with Crippen molar-refractivity contribution in [3.05, 3.63) is 76.5 Å². The van der Waals surface area contributed by atoms with Gasteiger partial charge < -0.3 is 14.7 Å². The highest BCUT2D eigenvalue weighted by atomic mass is 16.5. The van der Waals surface area contributed by atoms with Crippen molar-refractivity contribution in [2.24, 2.45) is 0 Å². The lowest BCUT2D eigenvalue weighted by atomic mass is 10.1. The summed E-state index contributed by atoms with van der Waals surface area (Å²) in [6, 6.07) is 15.0. The number of para-hydroxylation sites is 2. The van der Waals surface area contributed by atoms with Crippen molar-refractivity contribution in [1.82, 2.24) is 15.0 Å². The molecule has 0 aliphatic carbocycles. The second-order valence-electron chi connectivity index (χ2n) is 6.05. The Kier molecular flexibility index (Phi) is 4.23. The minimum Gasteiger partial charge on any atom is -0.458 e. The van der Waals surface area contributed by atoms with Crippen molar-refractivity contribution in [2.45, 2.75) is 19.4 Å². The number of nitrogens with zero attached hydrogens (tertiary/aromatic N) is 1. The molecular weight excluding hydrogens is 330 g/mol. The highest BCUT2D eigenvalue weighted by molar-refractivity contribution is 5.83. The van der Waals surface area contributed by atoms with Gasteiger partial charge in [0.25, 0.3) is 5.56 Å². The number of rotatable bonds is 5. The molecule has 0 spiro atoms. The molecule has 0 bridgehead atoms. The summed E-state index contributed by atoms with van der Waals surface area (Å²) in [7, 11) is 0. The molecule has 0 fully saturated rings. The highest BCUT2D eigenvalue weighted by Crippen LogP contribution is 2.19. The number of aryl methyl sites for hydroxylation is 1. The molecule has 2 aromatic heterocycles. The molecule has 0 saturated carbocycles. The highest BCUT2D eigenvalue weighted by Gasteiger charge is 2.09. The molecule has 26 heavy (non-hydrogen) atoms. The predicted octanol–water partition coefficient (Wildman–Crippen LogP) is 3.08. The summed E-state index contributed by atoms with van der Waals surface area (Å²) in [5.74, 6) is 0.0141. The van der Waals surface area contributed by atoms with Crippen molar-refractivity contribution in [3.63, 3.8) is 0 Å². The lowest BCUT2D eigenvalue weighted by Crippen LogP contribution is -2.14. The minimum atomic E-state index is -0.328. The van der Waals surface area contributed by atoms with E-state index >= 15 is 0 Å². The van der Waals surface area contributed by atoms with Crippen molar-refractivity contribution in [2.75, 3.05) is 0 Å². The average Bonchev–Trinajstić information content (AvgIpc) is 3.08. The first kappa shape index (κ1) is 16.1. The Morgan fingerprint density at radius 3 is 2.69 bits per heavy atom. The maximum Gasteiger partial charge on any atom is 0.306 e. The monoisotopic (exact) mass is 347 g/mol. The Morgan fingerprint density at radius 1 is 1.04 bits per heavy atom. The quantitative estimate of drug-likeness (QED) is 0.543. The summed E-state index contributed by atoms with van der Waals surface area (Å²) in [5.41, 5.74) is 2.48. The molecule has 0 unspecified atom stereocenters. The van der Waals surface area contributed by atoms with Gasteiger partial charge in [0, 0.05) is 23.5 Å². The van der Waals surface area contributed by atoms with Crippen molar-refractivity contribution in [3.8, 4) is 0 Å². The van der Waals surface area contributed by atoms with Crippen LogP contribution in [0.5, 0.6) is 0 Å². The predicted molar refractivity (Wildman–Crippen MR) is 98.8 cm³/mol. The third-order valence-corrected chi connectivity index (χ3v) is 4.31. The lowest BCUT2D eigenvalue weighted by molar-refractivity contribution is -0.145. The topological polar surface area (TPSA) is 87.8 Å². The molecule has 0 atom stereocenters. The maximum absolute atomic E-state index is 12.0. The fourth-order valence-corrected chi connectivity index (χ4v) is 3.00. The van der Waals surface area contributed by atoms with Crippen LogP contribution < -0.4 is 5.56 Å². The Bertz CT molecular complexity index is 1140. The first-order valence-corrected chi connectivity index (χ1v) is 8.39. The van der Waals surface area contributed by atoms with Gasteiger partial charge in [-0.05, 0) is 30.2 Å². The van der Waals surface area contributed by atoms with Crippen LogP contribution in [0, 0.1) is 0 Å². The van der Waals surface area contributed by atoms with Crippen LogP contribution in [0.2, 0.25) is 0 Å². The van der Waals surface area contributed by atoms with Crippen molar-refractivity contribution < 1.29 is 9.53 Å². The van der Waals surface area contributed by atoms with E-state index in [2.05, 4.69) is 15.0 Å². The number of aromatic nitrogens is 3. The summed E-state index contributed by atoms with van der Waals surface area (Å²) in [4.78, 5) is 34.2. The van der Waals surface area contributed by atoms with E-state index in [4.69, 9.17) is 4.74 Å². The van der Waals surface area contributed by atoms with Gasteiger partial charge in [-0.15, -0.1) is 0 Å². The number of carbonyl (C=O) groups excluding carboxylic acids is 1. The zero-order valence-corrected chi connectivity index (χ0v) is 14.0. The average molecular weight is 347 g/mol. The fourth-order valence-electron chi connectivity index (χ4n) is 3.00. The van der Waals surface area contributed by atoms with Crippen LogP contribution in [0.3, 0.4) is 0 Å². The molecule has 2 N–H and O–H groups in total. The number of fused-ring (bicyclic) bond motifs is 2. The SMILES string of the molecule is O=C(CCc1c[nH]c2ccccc12)OCc1nc2ccccc2c(=O)[nH]1. The molecule has 2 heterocycles. The van der Waals surface area contributed by atoms with Gasteiger partial charge in [0.15, 0.2) is 0 Å². The van der Waals surface area contributed by atoms with E-state index in [-0.39, 0.29) is 24.6 Å². The maximum atomic E-state index is 12.0. The summed E-state index contributed by atoms with van der Waals surface area (Å²) in [6.45, 7) is -0.0488. The van der Waals surface area contributed by atoms with Crippen molar-refractivity contribution >= 4 is 27.8 Å². The van der Waals surface area contributed by atoms with Crippen LogP contribution >= 0.6 is 0 Å². The largest absolute Gasteiger partial charge is 0.458 e. The molecule has 0 aliphatic rings. The van der Waals surface area contributed by atoms with Gasteiger partial charge in [-0.25, -0.2) is 4.98 Å². The van der Waals surface area contributed by atoms with Gasteiger partial charge in [0.2, 0.25) is 0 Å². The van der Waals surface area contributed by atoms with E-state index in [9.17, 15) is 9.59 Å². The smallest absolute Gasteiger partial charge is 0.306 e. The van der Waals surface area contributed by atoms with Gasteiger partial charge in [0.05, 0.1) is 10.9 Å². The Hall–Kier alpha value is -3.41. The van der Waals surface area contributed by atoms with Gasteiger partial charge >= 0.3 is 5.97 Å². The summed E-state index contributed by atoms with van der Waals surface area (Å²) in [6.07, 6.45) is 2.77. The molecule has 2 aromatic carbocycles. The standard InChI is InChI=1S/C20H17N3O3/c24-19(10-9-13-11-21-16-7-3-1-5-14(13)16)26-12-18-22-17-8-4-2-6-15(17)20(25)23-18/h1-8,11,21H,9-10,12H2,(H,22,23,25). The first-order chi connectivity index (χ1) is 12.7. The molecule has 4 rings (SSSR count). The Morgan fingerprint density at radius 2 is 1.81 bits per heavy atom. The first-order valence-electron chi connectivity index (χ1n) is 8.39. The second kappa shape index (κ2) is 6.84. The number of hydrogen-bond donors (Lipinski definition) is 2. The van der Waals surface area contributed by atoms with Gasteiger partial charge in [-0.3, -0.25) is 9.59 Å². The Balaban J connectivity index is 1.39. The second-order valence-corrected chi connectivity index (χ2v) is 6.05. The molecule has 0 aliphatic heterocycles. The summed E-state index contributed by atoms with van der Waals surface area (Å²) < 4.78 is 5.26. The van der Waals surface area contributed by atoms with Crippen LogP contribution in [-0.2, 0) is 22.6 Å². The molecule has 130 valence electrons. The third-order valence-electron chi connectivity index (χ3n) is 4.31. The van der Waals surface area contributed by atoms with Crippen LogP contribution in [0.15, 0.2) is 59.5 Å².